The molecular weight excluding hydrogens is 280 g/mol. The monoisotopic (exact) mass is 302 g/mol. The molecule has 7 nitrogen and oxygen atoms in total. The number of nitrogens with zero attached hydrogens (tertiary/aromatic N) is 5. The van der Waals surface area contributed by atoms with Gasteiger partial charge in [0, 0.05) is 24.0 Å². The first-order valence-corrected chi connectivity index (χ1v) is 7.66. The molecule has 1 N–H and O–H groups in total. The number of tetrazole rings is 1. The van der Waals surface area contributed by atoms with E-state index in [4.69, 9.17) is 0 Å². The van der Waals surface area contributed by atoms with Crippen molar-refractivity contribution in [3.05, 3.63) is 24.5 Å². The van der Waals surface area contributed by atoms with Gasteiger partial charge in [0.25, 0.3) is 0 Å². The summed E-state index contributed by atoms with van der Waals surface area (Å²) in [6.07, 6.45) is 7.84. The maximum absolute atomic E-state index is 12.1. The summed E-state index contributed by atoms with van der Waals surface area (Å²) in [5.41, 5.74) is 0.837. The quantitative estimate of drug-likeness (QED) is 0.752. The summed E-state index contributed by atoms with van der Waals surface area (Å²) in [5, 5.41) is 14.5. The van der Waals surface area contributed by atoms with Crippen LogP contribution in [0.2, 0.25) is 0 Å². The number of hydrogen-bond donors (Lipinski definition) is 1. The van der Waals surface area contributed by atoms with Crippen molar-refractivity contribution in [1.29, 1.82) is 0 Å². The predicted molar refractivity (Wildman–Crippen MR) is 82.8 cm³/mol. The van der Waals surface area contributed by atoms with Crippen molar-refractivity contribution in [3.63, 3.8) is 0 Å². The molecule has 0 aliphatic rings. The molecule has 1 atom stereocenters. The van der Waals surface area contributed by atoms with Gasteiger partial charge in [-0.15, -0.1) is 5.10 Å². The molecule has 0 bridgehead atoms. The lowest BCUT2D eigenvalue weighted by molar-refractivity contribution is -0.122. The van der Waals surface area contributed by atoms with Crippen LogP contribution in [0.25, 0.3) is 11.4 Å². The first-order chi connectivity index (χ1) is 10.7. The third kappa shape index (κ3) is 4.61. The smallest absolute Gasteiger partial charge is 0.242 e. The van der Waals surface area contributed by atoms with Gasteiger partial charge in [-0.2, -0.15) is 0 Å². The Bertz CT molecular complexity index is 583. The molecule has 0 aliphatic carbocycles. The van der Waals surface area contributed by atoms with Crippen molar-refractivity contribution in [1.82, 2.24) is 30.5 Å². The lowest BCUT2D eigenvalue weighted by atomic mass is 10.1. The number of carbonyl (C=O) groups excluding carboxylic acids is 1. The van der Waals surface area contributed by atoms with Crippen molar-refractivity contribution < 1.29 is 4.79 Å². The number of pyridine rings is 1. The third-order valence-electron chi connectivity index (χ3n) is 3.41. The van der Waals surface area contributed by atoms with E-state index in [1.54, 1.807) is 12.4 Å². The van der Waals surface area contributed by atoms with E-state index >= 15 is 0 Å². The summed E-state index contributed by atoms with van der Waals surface area (Å²) in [6, 6.07) is 3.79. The number of hydrogen-bond acceptors (Lipinski definition) is 5. The van der Waals surface area contributed by atoms with Gasteiger partial charge in [-0.05, 0) is 35.9 Å². The maximum Gasteiger partial charge on any atom is 0.242 e. The van der Waals surface area contributed by atoms with E-state index in [-0.39, 0.29) is 18.5 Å². The van der Waals surface area contributed by atoms with Crippen LogP contribution < -0.4 is 5.32 Å². The highest BCUT2D eigenvalue weighted by Crippen LogP contribution is 2.13. The molecule has 0 radical (unpaired) electrons. The molecule has 2 aromatic heterocycles. The lowest BCUT2D eigenvalue weighted by Gasteiger charge is -2.13. The van der Waals surface area contributed by atoms with Gasteiger partial charge < -0.3 is 5.32 Å². The number of rotatable bonds is 8. The van der Waals surface area contributed by atoms with E-state index in [0.29, 0.717) is 5.82 Å². The average Bonchev–Trinajstić information content (AvgIpc) is 2.96. The fourth-order valence-electron chi connectivity index (χ4n) is 2.25. The number of carbonyl (C=O) groups is 1. The highest BCUT2D eigenvalue weighted by molar-refractivity contribution is 5.76. The van der Waals surface area contributed by atoms with Crippen LogP contribution in [-0.4, -0.2) is 37.1 Å². The second-order valence-corrected chi connectivity index (χ2v) is 5.36. The zero-order valence-electron chi connectivity index (χ0n) is 13.1. The summed E-state index contributed by atoms with van der Waals surface area (Å²) in [4.78, 5) is 16.1. The van der Waals surface area contributed by atoms with Crippen LogP contribution in [0.3, 0.4) is 0 Å². The Hall–Kier alpha value is -2.31. The molecule has 2 rings (SSSR count). The van der Waals surface area contributed by atoms with E-state index in [2.05, 4.69) is 32.7 Å². The molecular formula is C15H22N6O. The zero-order valence-corrected chi connectivity index (χ0v) is 13.1. The van der Waals surface area contributed by atoms with Gasteiger partial charge in [0.15, 0.2) is 5.82 Å². The number of nitrogens with one attached hydrogen (secondary N) is 1. The summed E-state index contributed by atoms with van der Waals surface area (Å²) in [5.74, 6) is 0.489. The van der Waals surface area contributed by atoms with Crippen LogP contribution >= 0.6 is 0 Å². The second kappa shape index (κ2) is 8.21. The number of amides is 1. The van der Waals surface area contributed by atoms with Crippen LogP contribution in [-0.2, 0) is 11.3 Å². The molecule has 0 spiro atoms. The second-order valence-electron chi connectivity index (χ2n) is 5.36. The predicted octanol–water partition coefficient (Wildman–Crippen LogP) is 1.82. The fraction of sp³-hybridized carbons (Fsp3) is 0.533. The van der Waals surface area contributed by atoms with Crippen LogP contribution in [0, 0.1) is 0 Å². The Morgan fingerprint density at radius 1 is 1.32 bits per heavy atom. The minimum atomic E-state index is -0.0772. The fourth-order valence-corrected chi connectivity index (χ4v) is 2.25. The Labute approximate surface area is 130 Å². The highest BCUT2D eigenvalue weighted by atomic mass is 16.2. The van der Waals surface area contributed by atoms with Crippen LogP contribution in [0.4, 0.5) is 0 Å². The Balaban J connectivity index is 1.91. The molecule has 7 heteroatoms. The van der Waals surface area contributed by atoms with E-state index in [0.717, 1.165) is 18.4 Å². The Morgan fingerprint density at radius 2 is 2.09 bits per heavy atom. The van der Waals surface area contributed by atoms with E-state index < -0.39 is 0 Å². The third-order valence-corrected chi connectivity index (χ3v) is 3.41. The number of unbranched alkanes of at least 4 members (excludes halogenated alkanes) is 2. The van der Waals surface area contributed by atoms with E-state index in [1.807, 2.05) is 19.1 Å². The molecule has 1 amide bonds. The van der Waals surface area contributed by atoms with E-state index in [1.165, 1.54) is 17.5 Å². The normalized spacial score (nSPS) is 12.1. The minimum absolute atomic E-state index is 0.0772. The first kappa shape index (κ1) is 16.1. The van der Waals surface area contributed by atoms with Gasteiger partial charge in [0.05, 0.1) is 0 Å². The average molecular weight is 302 g/mol. The molecule has 0 aliphatic heterocycles. The molecule has 0 aromatic carbocycles. The van der Waals surface area contributed by atoms with Crippen LogP contribution in [0.1, 0.15) is 39.5 Å². The van der Waals surface area contributed by atoms with Crippen LogP contribution in [0.15, 0.2) is 24.5 Å². The molecule has 22 heavy (non-hydrogen) atoms. The van der Waals surface area contributed by atoms with Crippen LogP contribution in [0.5, 0.6) is 0 Å². The molecule has 0 saturated heterocycles. The van der Waals surface area contributed by atoms with Gasteiger partial charge in [0.1, 0.15) is 6.54 Å². The van der Waals surface area contributed by atoms with Gasteiger partial charge in [0.2, 0.25) is 5.91 Å². The minimum Gasteiger partial charge on any atom is -0.352 e. The SMILES string of the molecule is CCCCCC(C)NC(=O)Cn1nnnc1-c1ccncc1. The molecule has 0 fully saturated rings. The standard InChI is InChI=1S/C15H22N6O/c1-3-4-5-6-12(2)17-14(22)11-21-15(18-19-20-21)13-7-9-16-10-8-13/h7-10,12H,3-6,11H2,1-2H3,(H,17,22). The highest BCUT2D eigenvalue weighted by Gasteiger charge is 2.13. The first-order valence-electron chi connectivity index (χ1n) is 7.66. The molecule has 2 heterocycles. The molecule has 118 valence electrons. The Morgan fingerprint density at radius 3 is 2.82 bits per heavy atom. The summed E-state index contributed by atoms with van der Waals surface area (Å²) in [6.45, 7) is 4.31. The van der Waals surface area contributed by atoms with Crippen molar-refractivity contribution in [3.8, 4) is 11.4 Å². The van der Waals surface area contributed by atoms with Crippen molar-refractivity contribution in [2.45, 2.75) is 52.1 Å². The largest absolute Gasteiger partial charge is 0.352 e. The topological polar surface area (TPSA) is 85.6 Å². The molecule has 1 unspecified atom stereocenters. The van der Waals surface area contributed by atoms with Gasteiger partial charge in [-0.25, -0.2) is 4.68 Å². The van der Waals surface area contributed by atoms with Crippen molar-refractivity contribution >= 4 is 5.91 Å². The summed E-state index contributed by atoms with van der Waals surface area (Å²) >= 11 is 0. The molecule has 0 saturated carbocycles. The van der Waals surface area contributed by atoms with Crippen molar-refractivity contribution in [2.75, 3.05) is 0 Å². The molecule has 2 aromatic rings. The maximum atomic E-state index is 12.1. The Kier molecular flexibility index (Phi) is 6.00. The summed E-state index contributed by atoms with van der Waals surface area (Å²) in [7, 11) is 0. The van der Waals surface area contributed by atoms with Gasteiger partial charge in [-0.3, -0.25) is 9.78 Å². The summed E-state index contributed by atoms with van der Waals surface area (Å²) < 4.78 is 1.50. The number of aromatic nitrogens is 5. The van der Waals surface area contributed by atoms with Gasteiger partial charge in [-0.1, -0.05) is 26.2 Å². The zero-order chi connectivity index (χ0) is 15.8. The van der Waals surface area contributed by atoms with E-state index in [9.17, 15) is 4.79 Å². The van der Waals surface area contributed by atoms with Gasteiger partial charge >= 0.3 is 0 Å². The van der Waals surface area contributed by atoms with Crippen molar-refractivity contribution in [2.24, 2.45) is 0 Å². The lowest BCUT2D eigenvalue weighted by Crippen LogP contribution is -2.35.